The molecule has 112 valence electrons. The summed E-state index contributed by atoms with van der Waals surface area (Å²) in [5.74, 6) is 0.474. The maximum absolute atomic E-state index is 11.5. The summed E-state index contributed by atoms with van der Waals surface area (Å²) in [5.41, 5.74) is 5.69. The maximum atomic E-state index is 11.5. The molecule has 0 aliphatic heterocycles. The van der Waals surface area contributed by atoms with Crippen LogP contribution in [0.4, 0.5) is 0 Å². The summed E-state index contributed by atoms with van der Waals surface area (Å²) in [4.78, 5) is 11.5. The lowest BCUT2D eigenvalue weighted by Gasteiger charge is -2.12. The highest BCUT2D eigenvalue weighted by Crippen LogP contribution is 2.27. The average molecular weight is 319 g/mol. The number of carbonyl (C=O) groups is 1. The Balaban J connectivity index is 2.20. The zero-order valence-electron chi connectivity index (χ0n) is 11.5. The average Bonchev–Trinajstić information content (AvgIpc) is 2.40. The van der Waals surface area contributed by atoms with E-state index in [9.17, 15) is 4.79 Å². The third-order valence-electron chi connectivity index (χ3n) is 2.71. The Morgan fingerprint density at radius 3 is 2.85 bits per heavy atom. The predicted molar refractivity (Wildman–Crippen MR) is 82.5 cm³/mol. The number of amides is 1. The van der Waals surface area contributed by atoms with Crippen LogP contribution in [0.5, 0.6) is 5.75 Å². The second-order valence-electron chi connectivity index (χ2n) is 4.46. The van der Waals surface area contributed by atoms with Crippen LogP contribution in [0.25, 0.3) is 0 Å². The van der Waals surface area contributed by atoms with Gasteiger partial charge in [0.1, 0.15) is 5.75 Å². The molecule has 3 N–H and O–H groups in total. The summed E-state index contributed by atoms with van der Waals surface area (Å²) < 4.78 is 5.51. The summed E-state index contributed by atoms with van der Waals surface area (Å²) in [5, 5.41) is 3.83. The Hall–Kier alpha value is -0.970. The first kappa shape index (κ1) is 17.1. The van der Waals surface area contributed by atoms with E-state index in [1.54, 1.807) is 18.2 Å². The minimum absolute atomic E-state index is 0.114. The number of rotatable bonds is 8. The van der Waals surface area contributed by atoms with E-state index in [2.05, 4.69) is 5.32 Å². The van der Waals surface area contributed by atoms with E-state index in [0.717, 1.165) is 6.42 Å². The van der Waals surface area contributed by atoms with Gasteiger partial charge in [-0.25, -0.2) is 0 Å². The second-order valence-corrected chi connectivity index (χ2v) is 5.31. The molecule has 0 spiro atoms. The van der Waals surface area contributed by atoms with Gasteiger partial charge < -0.3 is 15.8 Å². The number of ether oxygens (including phenoxy) is 1. The summed E-state index contributed by atoms with van der Waals surface area (Å²) in [6, 6.07) is 4.64. The van der Waals surface area contributed by atoms with E-state index in [0.29, 0.717) is 41.8 Å². The fraction of sp³-hybridized carbons (Fsp3) is 0.500. The van der Waals surface area contributed by atoms with Gasteiger partial charge in [0.05, 0.1) is 17.7 Å². The van der Waals surface area contributed by atoms with E-state index in [1.807, 2.05) is 6.92 Å². The fourth-order valence-electron chi connectivity index (χ4n) is 1.63. The molecular weight excluding hydrogens is 299 g/mol. The third kappa shape index (κ3) is 5.99. The Kier molecular flexibility index (Phi) is 7.73. The number of nitrogens with one attached hydrogen (secondary N) is 1. The quantitative estimate of drug-likeness (QED) is 0.724. The highest BCUT2D eigenvalue weighted by Gasteiger charge is 2.10. The topological polar surface area (TPSA) is 64.4 Å². The molecule has 0 aliphatic carbocycles. The molecule has 0 saturated heterocycles. The van der Waals surface area contributed by atoms with Gasteiger partial charge in [-0.2, -0.15) is 0 Å². The van der Waals surface area contributed by atoms with Gasteiger partial charge in [-0.1, -0.05) is 36.5 Å². The van der Waals surface area contributed by atoms with Crippen molar-refractivity contribution in [1.82, 2.24) is 5.32 Å². The van der Waals surface area contributed by atoms with Gasteiger partial charge in [-0.3, -0.25) is 4.79 Å². The first-order valence-electron chi connectivity index (χ1n) is 6.65. The van der Waals surface area contributed by atoms with Gasteiger partial charge in [0, 0.05) is 11.6 Å². The summed E-state index contributed by atoms with van der Waals surface area (Å²) in [6.45, 7) is 2.99. The first-order valence-corrected chi connectivity index (χ1v) is 7.41. The zero-order chi connectivity index (χ0) is 15.0. The summed E-state index contributed by atoms with van der Waals surface area (Å²) in [7, 11) is 0. The highest BCUT2D eigenvalue weighted by molar-refractivity contribution is 6.35. The molecule has 1 aromatic rings. The number of benzene rings is 1. The number of hydrogen-bond acceptors (Lipinski definition) is 3. The molecule has 1 unspecified atom stereocenters. The normalized spacial score (nSPS) is 12.0. The molecule has 1 aromatic carbocycles. The van der Waals surface area contributed by atoms with Crippen LogP contribution < -0.4 is 15.8 Å². The lowest BCUT2D eigenvalue weighted by atomic mass is 10.2. The van der Waals surface area contributed by atoms with Crippen LogP contribution in [0, 0.1) is 0 Å². The number of hydrogen-bond donors (Lipinski definition) is 2. The SMILES string of the molecule is CCCC(N)C(=O)NCCCOc1ccc(Cl)cc1Cl. The van der Waals surface area contributed by atoms with Gasteiger partial charge >= 0.3 is 0 Å². The van der Waals surface area contributed by atoms with Crippen molar-refractivity contribution in [3.63, 3.8) is 0 Å². The molecule has 0 aliphatic rings. The molecule has 0 heterocycles. The van der Waals surface area contributed by atoms with E-state index >= 15 is 0 Å². The molecule has 0 bridgehead atoms. The second kappa shape index (κ2) is 9.06. The largest absolute Gasteiger partial charge is 0.492 e. The van der Waals surface area contributed by atoms with Gasteiger partial charge in [-0.05, 0) is 31.0 Å². The molecule has 1 rings (SSSR count). The molecule has 4 nitrogen and oxygen atoms in total. The summed E-state index contributed by atoms with van der Waals surface area (Å²) >= 11 is 11.8. The van der Waals surface area contributed by atoms with E-state index in [1.165, 1.54) is 0 Å². The Bertz CT molecular complexity index is 441. The number of halogens is 2. The molecule has 0 saturated carbocycles. The molecule has 1 amide bonds. The van der Waals surface area contributed by atoms with Crippen molar-refractivity contribution in [2.45, 2.75) is 32.2 Å². The van der Waals surface area contributed by atoms with E-state index < -0.39 is 6.04 Å². The summed E-state index contributed by atoms with van der Waals surface area (Å²) in [6.07, 6.45) is 2.28. The standard InChI is InChI=1S/C14H20Cl2N2O2/c1-2-4-12(17)14(19)18-7-3-8-20-13-6-5-10(15)9-11(13)16/h5-6,9,12H,2-4,7-8,17H2,1H3,(H,18,19). The van der Waals surface area contributed by atoms with Crippen LogP contribution in [-0.2, 0) is 4.79 Å². The van der Waals surface area contributed by atoms with Crippen molar-refractivity contribution in [2.24, 2.45) is 5.73 Å². The van der Waals surface area contributed by atoms with Crippen LogP contribution >= 0.6 is 23.2 Å². The minimum Gasteiger partial charge on any atom is -0.492 e. The van der Waals surface area contributed by atoms with Crippen LogP contribution in [0.2, 0.25) is 10.0 Å². The number of carbonyl (C=O) groups excluding carboxylic acids is 1. The molecule has 6 heteroatoms. The van der Waals surface area contributed by atoms with Crippen LogP contribution in [0.1, 0.15) is 26.2 Å². The fourth-order valence-corrected chi connectivity index (χ4v) is 2.09. The highest BCUT2D eigenvalue weighted by atomic mass is 35.5. The minimum atomic E-state index is -0.424. The monoisotopic (exact) mass is 318 g/mol. The molecule has 0 aromatic heterocycles. The van der Waals surface area contributed by atoms with Crippen molar-refractivity contribution >= 4 is 29.1 Å². The lowest BCUT2D eigenvalue weighted by Crippen LogP contribution is -2.41. The maximum Gasteiger partial charge on any atom is 0.236 e. The number of nitrogens with two attached hydrogens (primary N) is 1. The Labute approximate surface area is 129 Å². The van der Waals surface area contributed by atoms with Crippen LogP contribution in [0.3, 0.4) is 0 Å². The molecule has 0 fully saturated rings. The van der Waals surface area contributed by atoms with E-state index in [4.69, 9.17) is 33.7 Å². The van der Waals surface area contributed by atoms with Gasteiger partial charge in [0.15, 0.2) is 0 Å². The first-order chi connectivity index (χ1) is 9.54. The molecule has 0 radical (unpaired) electrons. The van der Waals surface area contributed by atoms with Crippen LogP contribution in [-0.4, -0.2) is 25.1 Å². The third-order valence-corrected chi connectivity index (χ3v) is 3.24. The molecule has 20 heavy (non-hydrogen) atoms. The van der Waals surface area contributed by atoms with Crippen molar-refractivity contribution in [2.75, 3.05) is 13.2 Å². The lowest BCUT2D eigenvalue weighted by molar-refractivity contribution is -0.122. The van der Waals surface area contributed by atoms with E-state index in [-0.39, 0.29) is 5.91 Å². The smallest absolute Gasteiger partial charge is 0.236 e. The predicted octanol–water partition coefficient (Wildman–Crippen LogP) is 3.01. The van der Waals surface area contributed by atoms with Gasteiger partial charge in [0.2, 0.25) is 5.91 Å². The van der Waals surface area contributed by atoms with Crippen molar-refractivity contribution in [1.29, 1.82) is 0 Å². The van der Waals surface area contributed by atoms with Gasteiger partial charge in [0.25, 0.3) is 0 Å². The zero-order valence-corrected chi connectivity index (χ0v) is 13.0. The Morgan fingerprint density at radius 2 is 2.20 bits per heavy atom. The molecule has 1 atom stereocenters. The molecular formula is C14H20Cl2N2O2. The Morgan fingerprint density at radius 1 is 1.45 bits per heavy atom. The van der Waals surface area contributed by atoms with Crippen LogP contribution in [0.15, 0.2) is 18.2 Å². The van der Waals surface area contributed by atoms with Crippen molar-refractivity contribution in [3.05, 3.63) is 28.2 Å². The van der Waals surface area contributed by atoms with Crippen molar-refractivity contribution < 1.29 is 9.53 Å². The van der Waals surface area contributed by atoms with Crippen molar-refractivity contribution in [3.8, 4) is 5.75 Å². The van der Waals surface area contributed by atoms with Gasteiger partial charge in [-0.15, -0.1) is 0 Å².